The number of methoxy groups -OCH3 is 1. The van der Waals surface area contributed by atoms with Crippen LogP contribution in [0.3, 0.4) is 0 Å². The van der Waals surface area contributed by atoms with Gasteiger partial charge in [-0.1, -0.05) is 53.0 Å². The molecule has 0 spiro atoms. The molecule has 0 aliphatic rings. The Labute approximate surface area is 136 Å². The van der Waals surface area contributed by atoms with Crippen LogP contribution >= 0.6 is 34.8 Å². The minimum absolute atomic E-state index is 0.314. The quantitative estimate of drug-likeness (QED) is 0.661. The number of benzene rings is 2. The van der Waals surface area contributed by atoms with Crippen LogP contribution in [-0.2, 0) is 3.79 Å². The Hall–Kier alpha value is -1.42. The number of alkyl halides is 3. The topological polar surface area (TPSA) is 37.9 Å². The summed E-state index contributed by atoms with van der Waals surface area (Å²) in [5.41, 5.74) is 3.70. The summed E-state index contributed by atoms with van der Waals surface area (Å²) in [6.07, 6.45) is 0. The molecule has 1 N–H and O–H groups in total. The third-order valence-electron chi connectivity index (χ3n) is 3.17. The molecule has 21 heavy (non-hydrogen) atoms. The molecule has 3 rings (SSSR count). The average Bonchev–Trinajstić information content (AvgIpc) is 2.90. The van der Waals surface area contributed by atoms with Crippen LogP contribution in [-0.4, -0.2) is 17.1 Å². The van der Waals surface area contributed by atoms with Crippen molar-refractivity contribution in [3.8, 4) is 16.9 Å². The predicted molar refractivity (Wildman–Crippen MR) is 87.3 cm³/mol. The number of ether oxygens (including phenoxy) is 1. The van der Waals surface area contributed by atoms with Crippen molar-refractivity contribution >= 4 is 45.8 Å². The molecule has 0 aliphatic heterocycles. The van der Waals surface area contributed by atoms with Crippen LogP contribution in [0, 0.1) is 0 Å². The summed E-state index contributed by atoms with van der Waals surface area (Å²) in [4.78, 5) is 7.31. The van der Waals surface area contributed by atoms with E-state index in [1.165, 1.54) is 0 Å². The van der Waals surface area contributed by atoms with Gasteiger partial charge in [-0.3, -0.25) is 0 Å². The van der Waals surface area contributed by atoms with Crippen molar-refractivity contribution in [1.29, 1.82) is 0 Å². The standard InChI is InChI=1S/C15H11Cl3N2O/c1-21-11-5-2-9(3-6-11)10-4-7-12-13(8-10)20-14(19-12)15(16,17)18/h2-8H,1H3,(H,19,20). The van der Waals surface area contributed by atoms with E-state index in [4.69, 9.17) is 39.5 Å². The zero-order valence-electron chi connectivity index (χ0n) is 11.0. The van der Waals surface area contributed by atoms with Crippen molar-refractivity contribution in [3.63, 3.8) is 0 Å². The monoisotopic (exact) mass is 340 g/mol. The van der Waals surface area contributed by atoms with Gasteiger partial charge in [-0.25, -0.2) is 4.98 Å². The minimum atomic E-state index is -1.56. The van der Waals surface area contributed by atoms with E-state index in [-0.39, 0.29) is 0 Å². The Kier molecular flexibility index (Phi) is 3.74. The molecule has 0 amide bonds. The van der Waals surface area contributed by atoms with Crippen LogP contribution in [0.1, 0.15) is 5.82 Å². The number of imidazole rings is 1. The highest BCUT2D eigenvalue weighted by Crippen LogP contribution is 2.37. The summed E-state index contributed by atoms with van der Waals surface area (Å²) in [7, 11) is 1.64. The van der Waals surface area contributed by atoms with Gasteiger partial charge in [-0.15, -0.1) is 0 Å². The molecule has 1 aromatic heterocycles. The van der Waals surface area contributed by atoms with Crippen molar-refractivity contribution in [2.45, 2.75) is 3.79 Å². The predicted octanol–water partition coefficient (Wildman–Crippen LogP) is 5.07. The molecule has 0 aliphatic carbocycles. The first-order chi connectivity index (χ1) is 9.97. The molecule has 6 heteroatoms. The molecule has 0 radical (unpaired) electrons. The van der Waals surface area contributed by atoms with E-state index >= 15 is 0 Å². The van der Waals surface area contributed by atoms with Crippen LogP contribution in [0.5, 0.6) is 5.75 Å². The highest BCUT2D eigenvalue weighted by molar-refractivity contribution is 6.66. The Balaban J connectivity index is 2.03. The molecule has 3 nitrogen and oxygen atoms in total. The number of aromatic nitrogens is 2. The zero-order valence-corrected chi connectivity index (χ0v) is 13.3. The first-order valence-electron chi connectivity index (χ1n) is 6.19. The number of halogens is 3. The molecule has 108 valence electrons. The molecule has 0 atom stereocenters. The van der Waals surface area contributed by atoms with Crippen molar-refractivity contribution in [2.75, 3.05) is 7.11 Å². The van der Waals surface area contributed by atoms with Gasteiger partial charge in [0.2, 0.25) is 3.79 Å². The summed E-state index contributed by atoms with van der Waals surface area (Å²) in [5.74, 6) is 1.13. The Morgan fingerprint density at radius 1 is 1.00 bits per heavy atom. The maximum Gasteiger partial charge on any atom is 0.248 e. The van der Waals surface area contributed by atoms with Crippen molar-refractivity contribution in [2.24, 2.45) is 0 Å². The summed E-state index contributed by atoms with van der Waals surface area (Å²) >= 11 is 17.5. The minimum Gasteiger partial charge on any atom is -0.497 e. The van der Waals surface area contributed by atoms with Crippen LogP contribution < -0.4 is 4.74 Å². The molecule has 0 bridgehead atoms. The van der Waals surface area contributed by atoms with Gasteiger partial charge in [0.05, 0.1) is 18.1 Å². The number of nitrogens with zero attached hydrogens (tertiary/aromatic N) is 1. The third-order valence-corrected chi connectivity index (χ3v) is 3.71. The number of rotatable bonds is 2. The lowest BCUT2D eigenvalue weighted by molar-refractivity contribution is 0.415. The van der Waals surface area contributed by atoms with E-state index in [0.717, 1.165) is 27.9 Å². The molecule has 1 heterocycles. The van der Waals surface area contributed by atoms with Gasteiger partial charge in [0.15, 0.2) is 5.82 Å². The molecule has 3 aromatic rings. The highest BCUT2D eigenvalue weighted by Gasteiger charge is 2.26. The maximum atomic E-state index is 5.84. The first kappa shape index (κ1) is 14.5. The van der Waals surface area contributed by atoms with Crippen molar-refractivity contribution in [1.82, 2.24) is 9.97 Å². The van der Waals surface area contributed by atoms with Crippen LogP contribution in [0.25, 0.3) is 22.2 Å². The smallest absolute Gasteiger partial charge is 0.248 e. The lowest BCUT2D eigenvalue weighted by Crippen LogP contribution is -2.01. The lowest BCUT2D eigenvalue weighted by Gasteiger charge is -2.04. The van der Waals surface area contributed by atoms with Crippen molar-refractivity contribution < 1.29 is 4.74 Å². The number of H-pyrrole nitrogens is 1. The number of fused-ring (bicyclic) bond motifs is 1. The summed E-state index contributed by atoms with van der Waals surface area (Å²) in [5, 5.41) is 0. The van der Waals surface area contributed by atoms with Crippen LogP contribution in [0.2, 0.25) is 0 Å². The SMILES string of the molecule is COc1ccc(-c2ccc3nc(C(Cl)(Cl)Cl)[nH]c3c2)cc1. The summed E-state index contributed by atoms with van der Waals surface area (Å²) < 4.78 is 3.60. The second kappa shape index (κ2) is 5.41. The molecule has 0 fully saturated rings. The van der Waals surface area contributed by atoms with Crippen LogP contribution in [0.4, 0.5) is 0 Å². The van der Waals surface area contributed by atoms with Crippen molar-refractivity contribution in [3.05, 3.63) is 48.3 Å². The van der Waals surface area contributed by atoms with Gasteiger partial charge in [0.25, 0.3) is 0 Å². The second-order valence-electron chi connectivity index (χ2n) is 4.54. The number of nitrogens with one attached hydrogen (secondary N) is 1. The number of hydrogen-bond acceptors (Lipinski definition) is 2. The fraction of sp³-hybridized carbons (Fsp3) is 0.133. The van der Waals surface area contributed by atoms with Gasteiger partial charge in [-0.05, 0) is 35.4 Å². The fourth-order valence-electron chi connectivity index (χ4n) is 2.11. The lowest BCUT2D eigenvalue weighted by atomic mass is 10.1. The van der Waals surface area contributed by atoms with E-state index in [1.54, 1.807) is 7.11 Å². The Morgan fingerprint density at radius 2 is 1.67 bits per heavy atom. The van der Waals surface area contributed by atoms with E-state index < -0.39 is 3.79 Å². The summed E-state index contributed by atoms with van der Waals surface area (Å²) in [6.45, 7) is 0. The highest BCUT2D eigenvalue weighted by atomic mass is 35.6. The largest absolute Gasteiger partial charge is 0.497 e. The number of aromatic amines is 1. The van der Waals surface area contributed by atoms with E-state index in [2.05, 4.69) is 9.97 Å². The van der Waals surface area contributed by atoms with E-state index in [9.17, 15) is 0 Å². The van der Waals surface area contributed by atoms with Crippen LogP contribution in [0.15, 0.2) is 42.5 Å². The zero-order chi connectivity index (χ0) is 15.0. The van der Waals surface area contributed by atoms with E-state index in [0.29, 0.717) is 5.82 Å². The van der Waals surface area contributed by atoms with Gasteiger partial charge in [0, 0.05) is 0 Å². The Morgan fingerprint density at radius 3 is 2.29 bits per heavy atom. The molecule has 0 saturated carbocycles. The third kappa shape index (κ3) is 2.95. The molecular weight excluding hydrogens is 331 g/mol. The molecule has 0 saturated heterocycles. The molecule has 2 aromatic carbocycles. The first-order valence-corrected chi connectivity index (χ1v) is 7.32. The van der Waals surface area contributed by atoms with Gasteiger partial charge < -0.3 is 9.72 Å². The maximum absolute atomic E-state index is 5.84. The number of hydrogen-bond donors (Lipinski definition) is 1. The molecular formula is C15H11Cl3N2O. The fourth-order valence-corrected chi connectivity index (χ4v) is 2.38. The van der Waals surface area contributed by atoms with Gasteiger partial charge >= 0.3 is 0 Å². The second-order valence-corrected chi connectivity index (χ2v) is 6.82. The molecule has 0 unspecified atom stereocenters. The summed E-state index contributed by atoms with van der Waals surface area (Å²) in [6, 6.07) is 13.7. The average molecular weight is 342 g/mol. The van der Waals surface area contributed by atoms with Gasteiger partial charge in [-0.2, -0.15) is 0 Å². The Bertz CT molecular complexity index is 776. The van der Waals surface area contributed by atoms with E-state index in [1.807, 2.05) is 42.5 Å². The normalized spacial score (nSPS) is 11.8. The van der Waals surface area contributed by atoms with Gasteiger partial charge in [0.1, 0.15) is 5.75 Å².